The summed E-state index contributed by atoms with van der Waals surface area (Å²) in [7, 11) is 2.11. The number of carbonyl (C=O) groups excluding carboxylic acids is 1. The molecule has 3 nitrogen and oxygen atoms in total. The molecule has 2 fully saturated rings. The van der Waals surface area contributed by atoms with Crippen molar-refractivity contribution in [1.29, 1.82) is 0 Å². The van der Waals surface area contributed by atoms with Crippen LogP contribution in [0.3, 0.4) is 0 Å². The lowest BCUT2D eigenvalue weighted by molar-refractivity contribution is -0.0979. The van der Waals surface area contributed by atoms with Gasteiger partial charge in [-0.25, -0.2) is 0 Å². The van der Waals surface area contributed by atoms with Gasteiger partial charge < -0.3 is 14.8 Å². The Kier molecular flexibility index (Phi) is 2.85. The standard InChI is InChI=1S/C8H15NO.CH2O/c1-5-6-3-9(2)7(4-10)8(5)6;1-2/h5-8,10H,3-4H2,1-2H3;1H2. The van der Waals surface area contributed by atoms with Crippen molar-refractivity contribution in [3.8, 4) is 0 Å². The second-order valence-electron chi connectivity index (χ2n) is 3.79. The third-order valence-corrected chi connectivity index (χ3v) is 3.33. The number of rotatable bonds is 1. The number of nitrogens with zero attached hydrogens (tertiary/aromatic N) is 1. The van der Waals surface area contributed by atoms with Gasteiger partial charge >= 0.3 is 0 Å². The van der Waals surface area contributed by atoms with Gasteiger partial charge in [0.1, 0.15) is 6.79 Å². The molecule has 0 amide bonds. The highest BCUT2D eigenvalue weighted by atomic mass is 16.3. The maximum absolute atomic E-state index is 9.01. The second-order valence-corrected chi connectivity index (χ2v) is 3.79. The van der Waals surface area contributed by atoms with E-state index < -0.39 is 0 Å². The molecule has 1 aliphatic carbocycles. The molecule has 12 heavy (non-hydrogen) atoms. The average molecular weight is 171 g/mol. The molecule has 1 heterocycles. The maximum Gasteiger partial charge on any atom is 0.106 e. The summed E-state index contributed by atoms with van der Waals surface area (Å²) in [6, 6.07) is 0.472. The number of aliphatic hydroxyl groups is 1. The predicted octanol–water partition coefficient (Wildman–Crippen LogP) is -0.0101. The number of aliphatic hydroxyl groups excluding tert-OH is 1. The molecule has 0 aromatic carbocycles. The summed E-state index contributed by atoms with van der Waals surface area (Å²) >= 11 is 0. The van der Waals surface area contributed by atoms with Gasteiger partial charge in [0, 0.05) is 12.6 Å². The zero-order valence-corrected chi connectivity index (χ0v) is 7.73. The molecule has 2 aliphatic rings. The molecule has 1 N–H and O–H groups in total. The van der Waals surface area contributed by atoms with Gasteiger partial charge in [0.05, 0.1) is 6.61 Å². The Hall–Kier alpha value is -0.410. The average Bonchev–Trinajstić information content (AvgIpc) is 2.61. The largest absolute Gasteiger partial charge is 0.395 e. The summed E-state index contributed by atoms with van der Waals surface area (Å²) in [4.78, 5) is 10.3. The summed E-state index contributed by atoms with van der Waals surface area (Å²) in [5.41, 5.74) is 0. The van der Waals surface area contributed by atoms with Crippen LogP contribution in [0.1, 0.15) is 6.92 Å². The minimum atomic E-state index is 0.349. The highest BCUT2D eigenvalue weighted by molar-refractivity contribution is 5.11. The summed E-state index contributed by atoms with van der Waals surface area (Å²) in [5, 5.41) is 9.01. The van der Waals surface area contributed by atoms with Crippen molar-refractivity contribution in [2.24, 2.45) is 17.8 Å². The molecule has 0 radical (unpaired) electrons. The van der Waals surface area contributed by atoms with Crippen molar-refractivity contribution >= 4 is 6.79 Å². The number of likely N-dealkylation sites (N-methyl/N-ethyl adjacent to an activating group) is 1. The third-order valence-electron chi connectivity index (χ3n) is 3.33. The molecule has 1 saturated carbocycles. The molecule has 1 aliphatic heterocycles. The first-order valence-corrected chi connectivity index (χ1v) is 4.35. The highest BCUT2D eigenvalue weighted by Crippen LogP contribution is 2.54. The fourth-order valence-electron chi connectivity index (χ4n) is 2.53. The zero-order valence-electron chi connectivity index (χ0n) is 7.73. The van der Waals surface area contributed by atoms with Crippen molar-refractivity contribution in [1.82, 2.24) is 4.90 Å². The lowest BCUT2D eigenvalue weighted by atomic mass is 10.2. The lowest BCUT2D eigenvalue weighted by Crippen LogP contribution is -2.33. The molecule has 3 heteroatoms. The molecule has 0 aromatic heterocycles. The smallest absolute Gasteiger partial charge is 0.106 e. The Labute approximate surface area is 73.4 Å². The molecule has 4 unspecified atom stereocenters. The lowest BCUT2D eigenvalue weighted by Gasteiger charge is -2.21. The summed E-state index contributed by atoms with van der Waals surface area (Å²) in [6.45, 7) is 5.85. The Balaban J connectivity index is 0.000000336. The van der Waals surface area contributed by atoms with Gasteiger partial charge in [-0.1, -0.05) is 6.92 Å². The fourth-order valence-corrected chi connectivity index (χ4v) is 2.53. The number of fused-ring (bicyclic) bond motifs is 1. The van der Waals surface area contributed by atoms with E-state index in [1.807, 2.05) is 6.79 Å². The minimum absolute atomic E-state index is 0.349. The fraction of sp³-hybridized carbons (Fsp3) is 0.889. The second kappa shape index (κ2) is 3.54. The van der Waals surface area contributed by atoms with Crippen molar-refractivity contribution in [2.75, 3.05) is 20.2 Å². The van der Waals surface area contributed by atoms with Crippen LogP contribution in [0, 0.1) is 17.8 Å². The highest BCUT2D eigenvalue weighted by Gasteiger charge is 2.57. The van der Waals surface area contributed by atoms with Crippen LogP contribution >= 0.6 is 0 Å². The molecule has 0 aromatic rings. The van der Waals surface area contributed by atoms with Gasteiger partial charge in [0.25, 0.3) is 0 Å². The number of likely N-dealkylation sites (tertiary alicyclic amines) is 1. The van der Waals surface area contributed by atoms with Gasteiger partial charge in [0.15, 0.2) is 0 Å². The van der Waals surface area contributed by atoms with E-state index in [1.165, 1.54) is 6.54 Å². The normalized spacial score (nSPS) is 44.6. The van der Waals surface area contributed by atoms with Gasteiger partial charge in [0.2, 0.25) is 0 Å². The van der Waals surface area contributed by atoms with E-state index in [0.717, 1.165) is 17.8 Å². The summed E-state index contributed by atoms with van der Waals surface area (Å²) in [5.74, 6) is 2.60. The number of hydrogen-bond donors (Lipinski definition) is 1. The van der Waals surface area contributed by atoms with Gasteiger partial charge in [-0.3, -0.25) is 0 Å². The van der Waals surface area contributed by atoms with Crippen molar-refractivity contribution in [2.45, 2.75) is 13.0 Å². The van der Waals surface area contributed by atoms with Gasteiger partial charge in [-0.2, -0.15) is 0 Å². The molecule has 70 valence electrons. The van der Waals surface area contributed by atoms with Crippen molar-refractivity contribution < 1.29 is 9.90 Å². The van der Waals surface area contributed by atoms with Gasteiger partial charge in [-0.05, 0) is 24.8 Å². The van der Waals surface area contributed by atoms with E-state index in [9.17, 15) is 0 Å². The van der Waals surface area contributed by atoms with E-state index in [2.05, 4.69) is 18.9 Å². The molecular formula is C9H17NO2. The van der Waals surface area contributed by atoms with Crippen LogP contribution in [0.2, 0.25) is 0 Å². The van der Waals surface area contributed by atoms with Gasteiger partial charge in [-0.15, -0.1) is 0 Å². The van der Waals surface area contributed by atoms with Crippen molar-refractivity contribution in [3.05, 3.63) is 0 Å². The Morgan fingerprint density at radius 2 is 2.17 bits per heavy atom. The first-order chi connectivity index (χ1) is 5.75. The Morgan fingerprint density at radius 1 is 1.58 bits per heavy atom. The topological polar surface area (TPSA) is 40.5 Å². The molecule has 4 atom stereocenters. The molecule has 0 spiro atoms. The Bertz CT molecular complexity index is 163. The number of piperidine rings is 1. The van der Waals surface area contributed by atoms with Crippen LogP contribution in [0.4, 0.5) is 0 Å². The quantitative estimate of drug-likeness (QED) is 0.603. The van der Waals surface area contributed by atoms with Crippen LogP contribution in [-0.4, -0.2) is 43.0 Å². The third kappa shape index (κ3) is 1.27. The van der Waals surface area contributed by atoms with Crippen LogP contribution in [-0.2, 0) is 4.79 Å². The first-order valence-electron chi connectivity index (χ1n) is 4.35. The molecule has 0 bridgehead atoms. The predicted molar refractivity (Wildman–Crippen MR) is 46.8 cm³/mol. The molecule has 2 rings (SSSR count). The Morgan fingerprint density at radius 3 is 2.50 bits per heavy atom. The first kappa shape index (κ1) is 9.68. The number of hydrogen-bond acceptors (Lipinski definition) is 3. The summed E-state index contributed by atoms with van der Waals surface area (Å²) < 4.78 is 0. The molecular weight excluding hydrogens is 154 g/mol. The van der Waals surface area contributed by atoms with E-state index in [1.54, 1.807) is 0 Å². The van der Waals surface area contributed by atoms with Crippen LogP contribution < -0.4 is 0 Å². The van der Waals surface area contributed by atoms with Crippen LogP contribution in [0.15, 0.2) is 0 Å². The zero-order chi connectivity index (χ0) is 9.30. The summed E-state index contributed by atoms with van der Waals surface area (Å²) in [6.07, 6.45) is 0. The van der Waals surface area contributed by atoms with E-state index in [4.69, 9.17) is 9.90 Å². The molecule has 1 saturated heterocycles. The van der Waals surface area contributed by atoms with E-state index in [0.29, 0.717) is 12.6 Å². The van der Waals surface area contributed by atoms with Crippen LogP contribution in [0.5, 0.6) is 0 Å². The monoisotopic (exact) mass is 171 g/mol. The van der Waals surface area contributed by atoms with Crippen molar-refractivity contribution in [3.63, 3.8) is 0 Å². The van der Waals surface area contributed by atoms with E-state index >= 15 is 0 Å². The number of carbonyl (C=O) groups is 1. The maximum atomic E-state index is 9.01. The van der Waals surface area contributed by atoms with E-state index in [-0.39, 0.29) is 0 Å². The minimum Gasteiger partial charge on any atom is -0.395 e. The SMILES string of the molecule is C=O.CC1C2CN(C)C(CO)C12. The van der Waals surface area contributed by atoms with Crippen LogP contribution in [0.25, 0.3) is 0 Å².